The van der Waals surface area contributed by atoms with Crippen LogP contribution in [-0.2, 0) is 15.3 Å². The maximum absolute atomic E-state index is 12.6. The Hall–Kier alpha value is -3.58. The Morgan fingerprint density at radius 1 is 1.00 bits per heavy atom. The van der Waals surface area contributed by atoms with Gasteiger partial charge < -0.3 is 14.6 Å². The van der Waals surface area contributed by atoms with E-state index in [4.69, 9.17) is 9.26 Å². The van der Waals surface area contributed by atoms with E-state index in [9.17, 15) is 9.59 Å². The molecule has 0 bridgehead atoms. The first kappa shape index (κ1) is 21.6. The molecule has 32 heavy (non-hydrogen) atoms. The van der Waals surface area contributed by atoms with Gasteiger partial charge in [-0.3, -0.25) is 4.79 Å². The second-order valence-electron chi connectivity index (χ2n) is 7.27. The van der Waals surface area contributed by atoms with Crippen molar-refractivity contribution < 1.29 is 18.8 Å². The molecule has 6 nitrogen and oxygen atoms in total. The van der Waals surface area contributed by atoms with Gasteiger partial charge in [0.05, 0.1) is 11.3 Å². The summed E-state index contributed by atoms with van der Waals surface area (Å²) in [5, 5.41) is 8.84. The lowest BCUT2D eigenvalue weighted by Gasteiger charge is -2.10. The van der Waals surface area contributed by atoms with Crippen molar-refractivity contribution in [1.82, 2.24) is 5.16 Å². The summed E-state index contributed by atoms with van der Waals surface area (Å²) in [5.74, 6) is 0.448. The fourth-order valence-corrected chi connectivity index (χ4v) is 4.49. The number of carbonyl (C=O) groups is 2. The molecule has 0 aliphatic carbocycles. The Balaban J connectivity index is 1.36. The van der Waals surface area contributed by atoms with Gasteiger partial charge >= 0.3 is 5.97 Å². The molecule has 7 heteroatoms. The van der Waals surface area contributed by atoms with Crippen LogP contribution in [0.15, 0.2) is 76.1 Å². The quantitative estimate of drug-likeness (QED) is 0.297. The topological polar surface area (TPSA) is 81.4 Å². The van der Waals surface area contributed by atoms with Gasteiger partial charge in [-0.15, -0.1) is 11.8 Å². The number of benzene rings is 3. The lowest BCUT2D eigenvalue weighted by Crippen LogP contribution is -2.21. The summed E-state index contributed by atoms with van der Waals surface area (Å²) in [6.45, 7) is 3.39. The molecule has 0 atom stereocenters. The zero-order chi connectivity index (χ0) is 22.5. The van der Waals surface area contributed by atoms with E-state index in [2.05, 4.69) is 10.5 Å². The van der Waals surface area contributed by atoms with Gasteiger partial charge in [-0.25, -0.2) is 4.79 Å². The minimum Gasteiger partial charge on any atom is -0.452 e. The van der Waals surface area contributed by atoms with E-state index in [0.29, 0.717) is 17.0 Å². The monoisotopic (exact) mass is 446 g/mol. The molecule has 3 aromatic carbocycles. The Morgan fingerprint density at radius 3 is 2.53 bits per heavy atom. The summed E-state index contributed by atoms with van der Waals surface area (Å²) in [6.07, 6.45) is 0. The lowest BCUT2D eigenvalue weighted by molar-refractivity contribution is -0.119. The number of hydrogen-bond acceptors (Lipinski definition) is 6. The van der Waals surface area contributed by atoms with Gasteiger partial charge in [-0.1, -0.05) is 47.6 Å². The van der Waals surface area contributed by atoms with E-state index in [1.165, 1.54) is 11.8 Å². The van der Waals surface area contributed by atoms with Crippen molar-refractivity contribution in [3.8, 4) is 0 Å². The number of nitrogens with one attached hydrogen (secondary N) is 1. The molecule has 4 rings (SSSR count). The number of ether oxygens (including phenoxy) is 1. The van der Waals surface area contributed by atoms with Crippen LogP contribution < -0.4 is 5.32 Å². The van der Waals surface area contributed by atoms with E-state index in [0.717, 1.165) is 32.7 Å². The number of amides is 1. The molecule has 0 fully saturated rings. The lowest BCUT2D eigenvalue weighted by atomic mass is 10.1. The van der Waals surface area contributed by atoms with E-state index < -0.39 is 11.9 Å². The van der Waals surface area contributed by atoms with E-state index in [1.807, 2.05) is 68.4 Å². The second-order valence-corrected chi connectivity index (χ2v) is 8.29. The summed E-state index contributed by atoms with van der Waals surface area (Å²) in [6, 6.07) is 20.7. The van der Waals surface area contributed by atoms with Crippen molar-refractivity contribution >= 4 is 40.1 Å². The highest BCUT2D eigenvalue weighted by molar-refractivity contribution is 7.98. The molecule has 0 spiro atoms. The Bertz CT molecular complexity index is 1260. The summed E-state index contributed by atoms with van der Waals surface area (Å²) < 4.78 is 10.5. The number of aryl methyl sites for hydroxylation is 2. The number of esters is 1. The average Bonchev–Trinajstić information content (AvgIpc) is 3.13. The van der Waals surface area contributed by atoms with Gasteiger partial charge in [0.25, 0.3) is 5.91 Å². The molecule has 0 unspecified atom stereocenters. The van der Waals surface area contributed by atoms with Gasteiger partial charge in [0.15, 0.2) is 6.61 Å². The molecule has 0 saturated heterocycles. The van der Waals surface area contributed by atoms with Crippen LogP contribution in [0.25, 0.3) is 10.8 Å². The van der Waals surface area contributed by atoms with Crippen LogP contribution in [0.4, 0.5) is 5.69 Å². The minimum absolute atomic E-state index is 0.367. The fraction of sp³-hybridized carbons (Fsp3) is 0.160. The van der Waals surface area contributed by atoms with Crippen LogP contribution in [-0.4, -0.2) is 23.6 Å². The number of fused-ring (bicyclic) bond motifs is 1. The van der Waals surface area contributed by atoms with Crippen molar-refractivity contribution in [2.75, 3.05) is 11.9 Å². The van der Waals surface area contributed by atoms with Crippen LogP contribution >= 0.6 is 11.8 Å². The maximum Gasteiger partial charge on any atom is 0.339 e. The van der Waals surface area contributed by atoms with E-state index in [1.54, 1.807) is 12.1 Å². The third-order valence-corrected chi connectivity index (χ3v) is 6.13. The van der Waals surface area contributed by atoms with Gasteiger partial charge in [-0.05, 0) is 48.9 Å². The van der Waals surface area contributed by atoms with Crippen molar-refractivity contribution in [1.29, 1.82) is 0 Å². The van der Waals surface area contributed by atoms with E-state index >= 15 is 0 Å². The number of thioether (sulfide) groups is 1. The van der Waals surface area contributed by atoms with Gasteiger partial charge in [0.2, 0.25) is 0 Å². The molecule has 1 amide bonds. The highest BCUT2D eigenvalue weighted by Crippen LogP contribution is 2.29. The van der Waals surface area contributed by atoms with Crippen molar-refractivity contribution in [3.63, 3.8) is 0 Å². The molecule has 1 aromatic heterocycles. The average molecular weight is 447 g/mol. The van der Waals surface area contributed by atoms with Crippen molar-refractivity contribution in [2.45, 2.75) is 24.5 Å². The standard InChI is InChI=1S/C25H22N2O4S/c1-16-22(17(2)31-27-16)15-32-23-10-6-5-9-21(23)25(29)30-14-24(28)26-20-12-11-18-7-3-4-8-19(18)13-20/h3-13H,14-15H2,1-2H3,(H,26,28). The number of rotatable bonds is 7. The first-order valence-corrected chi connectivity index (χ1v) is 11.1. The zero-order valence-electron chi connectivity index (χ0n) is 17.8. The Labute approximate surface area is 189 Å². The minimum atomic E-state index is -0.541. The predicted octanol–water partition coefficient (Wildman–Crippen LogP) is 5.53. The van der Waals surface area contributed by atoms with Crippen LogP contribution in [0, 0.1) is 13.8 Å². The first-order valence-electron chi connectivity index (χ1n) is 10.1. The second kappa shape index (κ2) is 9.70. The third kappa shape index (κ3) is 5.00. The molecule has 1 N–H and O–H groups in total. The summed E-state index contributed by atoms with van der Waals surface area (Å²) in [4.78, 5) is 25.7. The molecule has 1 heterocycles. The summed E-state index contributed by atoms with van der Waals surface area (Å²) >= 11 is 1.50. The summed E-state index contributed by atoms with van der Waals surface area (Å²) in [5.41, 5.74) is 2.91. The van der Waals surface area contributed by atoms with Crippen LogP contribution in [0.1, 0.15) is 27.4 Å². The number of nitrogens with zero attached hydrogens (tertiary/aromatic N) is 1. The smallest absolute Gasteiger partial charge is 0.339 e. The first-order chi connectivity index (χ1) is 15.5. The number of anilines is 1. The van der Waals surface area contributed by atoms with Crippen molar-refractivity contribution in [3.05, 3.63) is 89.3 Å². The fourth-order valence-electron chi connectivity index (χ4n) is 3.29. The van der Waals surface area contributed by atoms with Gasteiger partial charge in [-0.2, -0.15) is 0 Å². The molecule has 0 saturated carbocycles. The maximum atomic E-state index is 12.6. The molecule has 0 radical (unpaired) electrons. The SMILES string of the molecule is Cc1noc(C)c1CSc1ccccc1C(=O)OCC(=O)Nc1ccc2ccccc2c1. The Morgan fingerprint density at radius 2 is 1.75 bits per heavy atom. The number of aromatic nitrogens is 1. The zero-order valence-corrected chi connectivity index (χ0v) is 18.6. The molecule has 0 aliphatic heterocycles. The predicted molar refractivity (Wildman–Crippen MR) is 125 cm³/mol. The highest BCUT2D eigenvalue weighted by atomic mass is 32.2. The van der Waals surface area contributed by atoms with Crippen molar-refractivity contribution in [2.24, 2.45) is 0 Å². The highest BCUT2D eigenvalue weighted by Gasteiger charge is 2.16. The molecular weight excluding hydrogens is 424 g/mol. The largest absolute Gasteiger partial charge is 0.452 e. The summed E-state index contributed by atoms with van der Waals surface area (Å²) in [7, 11) is 0. The van der Waals surface area contributed by atoms with Crippen LogP contribution in [0.5, 0.6) is 0 Å². The normalized spacial score (nSPS) is 10.8. The molecular formula is C25H22N2O4S. The number of carbonyl (C=O) groups excluding carboxylic acids is 2. The van der Waals surface area contributed by atoms with Crippen LogP contribution in [0.2, 0.25) is 0 Å². The van der Waals surface area contributed by atoms with Gasteiger partial charge in [0.1, 0.15) is 5.76 Å². The van der Waals surface area contributed by atoms with Crippen LogP contribution in [0.3, 0.4) is 0 Å². The van der Waals surface area contributed by atoms with E-state index in [-0.39, 0.29) is 6.61 Å². The third-order valence-electron chi connectivity index (χ3n) is 5.03. The van der Waals surface area contributed by atoms with Gasteiger partial charge in [0, 0.05) is 21.9 Å². The Kier molecular flexibility index (Phi) is 6.56. The molecule has 0 aliphatic rings. The molecule has 4 aromatic rings. The molecule has 162 valence electrons. The number of hydrogen-bond donors (Lipinski definition) is 1.